The smallest absolute Gasteiger partial charge is 0.239 e. The van der Waals surface area contributed by atoms with E-state index in [1.165, 1.54) is 0 Å². The van der Waals surface area contributed by atoms with Gasteiger partial charge in [0.2, 0.25) is 5.91 Å². The molecule has 0 aromatic rings. The Bertz CT molecular complexity index is 158. The van der Waals surface area contributed by atoms with Gasteiger partial charge in [-0.15, -0.1) is 0 Å². The van der Waals surface area contributed by atoms with Gasteiger partial charge in [-0.1, -0.05) is 0 Å². The normalized spacial score (nSPS) is 19.2. The standard InChI is InChI=1S/C7H14N2O2/c1-7(2,8)6(10)9-5-3-11-4-5/h5H,3-4,8H2,1-2H3,(H,9,10). The number of hydrogen-bond donors (Lipinski definition) is 2. The molecule has 1 saturated heterocycles. The number of carbonyl (C=O) groups excluding carboxylic acids is 1. The van der Waals surface area contributed by atoms with Crippen molar-refractivity contribution >= 4 is 5.91 Å². The van der Waals surface area contributed by atoms with E-state index in [9.17, 15) is 4.79 Å². The summed E-state index contributed by atoms with van der Waals surface area (Å²) in [4.78, 5) is 11.2. The fourth-order valence-corrected chi connectivity index (χ4v) is 0.690. The molecule has 1 rings (SSSR count). The van der Waals surface area contributed by atoms with Crippen LogP contribution < -0.4 is 11.1 Å². The van der Waals surface area contributed by atoms with E-state index in [1.54, 1.807) is 13.8 Å². The Balaban J connectivity index is 2.30. The Morgan fingerprint density at radius 1 is 1.64 bits per heavy atom. The summed E-state index contributed by atoms with van der Waals surface area (Å²) >= 11 is 0. The van der Waals surface area contributed by atoms with Crippen LogP contribution in [0.2, 0.25) is 0 Å². The van der Waals surface area contributed by atoms with E-state index in [4.69, 9.17) is 10.5 Å². The fourth-order valence-electron chi connectivity index (χ4n) is 0.690. The molecule has 1 aliphatic heterocycles. The number of amides is 1. The molecule has 0 saturated carbocycles. The molecule has 0 atom stereocenters. The maximum atomic E-state index is 11.2. The van der Waals surface area contributed by atoms with E-state index in [-0.39, 0.29) is 11.9 Å². The van der Waals surface area contributed by atoms with Crippen LogP contribution in [0.4, 0.5) is 0 Å². The van der Waals surface area contributed by atoms with Gasteiger partial charge in [0.15, 0.2) is 0 Å². The largest absolute Gasteiger partial charge is 0.377 e. The molecule has 0 aliphatic carbocycles. The zero-order valence-electron chi connectivity index (χ0n) is 6.89. The lowest BCUT2D eigenvalue weighted by atomic mass is 10.1. The van der Waals surface area contributed by atoms with Gasteiger partial charge in [-0.2, -0.15) is 0 Å². The highest BCUT2D eigenvalue weighted by Crippen LogP contribution is 2.02. The van der Waals surface area contributed by atoms with Crippen LogP contribution in [-0.2, 0) is 9.53 Å². The average molecular weight is 158 g/mol. The molecule has 0 aromatic carbocycles. The Hall–Kier alpha value is -0.610. The number of rotatable bonds is 2. The van der Waals surface area contributed by atoms with Gasteiger partial charge in [-0.05, 0) is 13.8 Å². The highest BCUT2D eigenvalue weighted by atomic mass is 16.5. The second-order valence-corrected chi connectivity index (χ2v) is 3.43. The van der Waals surface area contributed by atoms with E-state index >= 15 is 0 Å². The number of nitrogens with two attached hydrogens (primary N) is 1. The summed E-state index contributed by atoms with van der Waals surface area (Å²) in [5, 5.41) is 2.77. The zero-order valence-corrected chi connectivity index (χ0v) is 6.89. The highest BCUT2D eigenvalue weighted by molar-refractivity contribution is 5.85. The van der Waals surface area contributed by atoms with Crippen LogP contribution in [0.25, 0.3) is 0 Å². The van der Waals surface area contributed by atoms with Crippen molar-refractivity contribution in [2.24, 2.45) is 5.73 Å². The van der Waals surface area contributed by atoms with E-state index in [0.717, 1.165) is 0 Å². The second-order valence-electron chi connectivity index (χ2n) is 3.43. The molecule has 0 unspecified atom stereocenters. The van der Waals surface area contributed by atoms with Gasteiger partial charge in [0.05, 0.1) is 24.8 Å². The molecule has 4 heteroatoms. The van der Waals surface area contributed by atoms with Gasteiger partial charge >= 0.3 is 0 Å². The summed E-state index contributed by atoms with van der Waals surface area (Å²) in [6, 6.07) is 0.172. The Morgan fingerprint density at radius 3 is 2.45 bits per heavy atom. The molecule has 11 heavy (non-hydrogen) atoms. The minimum Gasteiger partial charge on any atom is -0.377 e. The van der Waals surface area contributed by atoms with Crippen molar-refractivity contribution in [1.29, 1.82) is 0 Å². The van der Waals surface area contributed by atoms with Gasteiger partial charge < -0.3 is 15.8 Å². The first-order chi connectivity index (χ1) is 5.00. The van der Waals surface area contributed by atoms with Crippen molar-refractivity contribution in [1.82, 2.24) is 5.32 Å². The molecular formula is C7H14N2O2. The molecule has 1 heterocycles. The second kappa shape index (κ2) is 2.79. The van der Waals surface area contributed by atoms with Crippen LogP contribution >= 0.6 is 0 Å². The summed E-state index contributed by atoms with van der Waals surface area (Å²) in [5.41, 5.74) is 4.77. The lowest BCUT2D eigenvalue weighted by Crippen LogP contribution is -2.57. The summed E-state index contributed by atoms with van der Waals surface area (Å²) in [7, 11) is 0. The topological polar surface area (TPSA) is 64.4 Å². The Kier molecular flexibility index (Phi) is 2.15. The average Bonchev–Trinajstić information content (AvgIpc) is 1.75. The maximum Gasteiger partial charge on any atom is 0.239 e. The summed E-state index contributed by atoms with van der Waals surface area (Å²) in [6.45, 7) is 4.59. The third-order valence-electron chi connectivity index (χ3n) is 1.56. The number of ether oxygens (including phenoxy) is 1. The summed E-state index contributed by atoms with van der Waals surface area (Å²) in [6.07, 6.45) is 0. The number of nitrogens with one attached hydrogen (secondary N) is 1. The SMILES string of the molecule is CC(C)(N)C(=O)NC1COC1. The molecule has 0 radical (unpaired) electrons. The van der Waals surface area contributed by atoms with Gasteiger partial charge in [-0.3, -0.25) is 4.79 Å². The highest BCUT2D eigenvalue weighted by Gasteiger charge is 2.27. The quantitative estimate of drug-likeness (QED) is 0.555. The minimum absolute atomic E-state index is 0.120. The molecule has 64 valence electrons. The van der Waals surface area contributed by atoms with E-state index in [1.807, 2.05) is 0 Å². The first-order valence-electron chi connectivity index (χ1n) is 3.68. The lowest BCUT2D eigenvalue weighted by Gasteiger charge is -2.29. The molecule has 0 spiro atoms. The van der Waals surface area contributed by atoms with Crippen LogP contribution in [0.15, 0.2) is 0 Å². The molecule has 4 nitrogen and oxygen atoms in total. The molecule has 0 bridgehead atoms. The van der Waals surface area contributed by atoms with Crippen LogP contribution in [0.5, 0.6) is 0 Å². The molecule has 1 fully saturated rings. The first-order valence-corrected chi connectivity index (χ1v) is 3.68. The molecule has 1 amide bonds. The van der Waals surface area contributed by atoms with Crippen molar-refractivity contribution in [2.45, 2.75) is 25.4 Å². The number of hydrogen-bond acceptors (Lipinski definition) is 3. The van der Waals surface area contributed by atoms with Gasteiger partial charge in [0.25, 0.3) is 0 Å². The van der Waals surface area contributed by atoms with Crippen molar-refractivity contribution in [3.05, 3.63) is 0 Å². The Labute approximate surface area is 66.1 Å². The minimum atomic E-state index is -0.782. The predicted molar refractivity (Wildman–Crippen MR) is 41.0 cm³/mol. The number of carbonyl (C=O) groups is 1. The van der Waals surface area contributed by atoms with Crippen molar-refractivity contribution in [2.75, 3.05) is 13.2 Å². The monoisotopic (exact) mass is 158 g/mol. The fraction of sp³-hybridized carbons (Fsp3) is 0.857. The molecular weight excluding hydrogens is 144 g/mol. The van der Waals surface area contributed by atoms with Crippen LogP contribution in [0.1, 0.15) is 13.8 Å². The third kappa shape index (κ3) is 2.17. The first kappa shape index (κ1) is 8.49. The van der Waals surface area contributed by atoms with E-state index < -0.39 is 5.54 Å². The van der Waals surface area contributed by atoms with E-state index in [2.05, 4.69) is 5.32 Å². The summed E-state index contributed by atoms with van der Waals surface area (Å²) < 4.78 is 4.89. The van der Waals surface area contributed by atoms with Gasteiger partial charge in [0, 0.05) is 0 Å². The van der Waals surface area contributed by atoms with Crippen molar-refractivity contribution in [3.8, 4) is 0 Å². The molecule has 3 N–H and O–H groups in total. The zero-order chi connectivity index (χ0) is 8.48. The van der Waals surface area contributed by atoms with Crippen LogP contribution in [-0.4, -0.2) is 30.7 Å². The molecule has 0 aromatic heterocycles. The maximum absolute atomic E-state index is 11.2. The van der Waals surface area contributed by atoms with Gasteiger partial charge in [-0.25, -0.2) is 0 Å². The third-order valence-corrected chi connectivity index (χ3v) is 1.56. The Morgan fingerprint density at radius 2 is 2.18 bits per heavy atom. The predicted octanol–water partition coefficient (Wildman–Crippen LogP) is -0.761. The van der Waals surface area contributed by atoms with Gasteiger partial charge in [0.1, 0.15) is 0 Å². The summed E-state index contributed by atoms with van der Waals surface area (Å²) in [5.74, 6) is -0.120. The van der Waals surface area contributed by atoms with Crippen LogP contribution in [0, 0.1) is 0 Å². The molecule has 1 aliphatic rings. The lowest BCUT2D eigenvalue weighted by molar-refractivity contribution is -0.129. The van der Waals surface area contributed by atoms with Crippen LogP contribution in [0.3, 0.4) is 0 Å². The van der Waals surface area contributed by atoms with E-state index in [0.29, 0.717) is 13.2 Å². The van der Waals surface area contributed by atoms with Crippen molar-refractivity contribution in [3.63, 3.8) is 0 Å². The van der Waals surface area contributed by atoms with Crippen molar-refractivity contribution < 1.29 is 9.53 Å².